The molecule has 0 atom stereocenters. The number of pyridine rings is 1. The fourth-order valence-electron chi connectivity index (χ4n) is 1.33. The van der Waals surface area contributed by atoms with Gasteiger partial charge >= 0.3 is 0 Å². The van der Waals surface area contributed by atoms with Crippen LogP contribution in [0.2, 0.25) is 0 Å². The van der Waals surface area contributed by atoms with Gasteiger partial charge in [-0.25, -0.2) is 9.97 Å². The average Bonchev–Trinajstić information content (AvgIpc) is 2.87. The van der Waals surface area contributed by atoms with E-state index >= 15 is 0 Å². The zero-order chi connectivity index (χ0) is 12.3. The maximum Gasteiger partial charge on any atom is 0.278 e. The van der Waals surface area contributed by atoms with Crippen LogP contribution < -0.4 is 10.6 Å². The van der Waals surface area contributed by atoms with Crippen molar-refractivity contribution in [2.24, 2.45) is 5.73 Å². The molecule has 0 saturated carbocycles. The van der Waals surface area contributed by atoms with E-state index in [1.807, 2.05) is 6.07 Å². The molecule has 2 heterocycles. The van der Waals surface area contributed by atoms with Gasteiger partial charge in [0, 0.05) is 25.2 Å². The fourth-order valence-corrected chi connectivity index (χ4v) is 1.98. The molecule has 0 saturated heterocycles. The monoisotopic (exact) mass is 248 g/mol. The molecule has 2 aromatic rings. The van der Waals surface area contributed by atoms with Crippen LogP contribution in [-0.4, -0.2) is 22.9 Å². The smallest absolute Gasteiger partial charge is 0.278 e. The van der Waals surface area contributed by atoms with E-state index in [0.29, 0.717) is 18.1 Å². The van der Waals surface area contributed by atoms with Crippen molar-refractivity contribution in [1.29, 1.82) is 0 Å². The molecule has 0 aliphatic rings. The van der Waals surface area contributed by atoms with Crippen molar-refractivity contribution in [3.8, 4) is 0 Å². The second-order valence-electron chi connectivity index (χ2n) is 3.38. The fraction of sp³-hybridized carbons (Fsp3) is 0.182. The Morgan fingerprint density at radius 3 is 2.94 bits per heavy atom. The van der Waals surface area contributed by atoms with Crippen molar-refractivity contribution < 1.29 is 4.79 Å². The Kier molecular flexibility index (Phi) is 3.46. The van der Waals surface area contributed by atoms with Gasteiger partial charge in [-0.2, -0.15) is 0 Å². The molecule has 0 aliphatic carbocycles. The normalized spacial score (nSPS) is 10.2. The first-order chi connectivity index (χ1) is 8.22. The molecule has 0 bridgehead atoms. The summed E-state index contributed by atoms with van der Waals surface area (Å²) in [5, 5.41) is 2.46. The molecule has 0 fully saturated rings. The third-order valence-corrected chi connectivity index (χ3v) is 3.11. The quantitative estimate of drug-likeness (QED) is 0.888. The zero-order valence-corrected chi connectivity index (χ0v) is 10.1. The van der Waals surface area contributed by atoms with E-state index in [2.05, 4.69) is 9.97 Å². The lowest BCUT2D eigenvalue weighted by atomic mass is 10.4. The first kappa shape index (κ1) is 11.7. The van der Waals surface area contributed by atoms with Crippen LogP contribution in [0.5, 0.6) is 0 Å². The van der Waals surface area contributed by atoms with Crippen molar-refractivity contribution in [3.05, 3.63) is 40.5 Å². The van der Waals surface area contributed by atoms with Crippen molar-refractivity contribution in [2.75, 3.05) is 11.9 Å². The highest BCUT2D eigenvalue weighted by atomic mass is 32.1. The molecule has 6 heteroatoms. The summed E-state index contributed by atoms with van der Waals surface area (Å²) in [6.45, 7) is 0.352. The summed E-state index contributed by atoms with van der Waals surface area (Å²) in [6.07, 6.45) is 1.64. The molecule has 2 rings (SSSR count). The summed E-state index contributed by atoms with van der Waals surface area (Å²) in [7, 11) is 1.67. The molecular formula is C11H12N4OS. The van der Waals surface area contributed by atoms with Gasteiger partial charge in [0.15, 0.2) is 0 Å². The molecule has 88 valence electrons. The Labute approximate surface area is 103 Å². The van der Waals surface area contributed by atoms with Gasteiger partial charge < -0.3 is 5.73 Å². The number of nitrogens with two attached hydrogens (primary N) is 1. The van der Waals surface area contributed by atoms with Crippen molar-refractivity contribution in [3.63, 3.8) is 0 Å². The molecule has 0 aliphatic heterocycles. The molecular weight excluding hydrogens is 236 g/mol. The van der Waals surface area contributed by atoms with Gasteiger partial charge in [0.05, 0.1) is 0 Å². The number of carbonyl (C=O) groups is 1. The number of thiazole rings is 1. The van der Waals surface area contributed by atoms with E-state index in [0.717, 1.165) is 5.01 Å². The van der Waals surface area contributed by atoms with Gasteiger partial charge in [-0.1, -0.05) is 6.07 Å². The SMILES string of the molecule is CN(C(=O)c1csc(CN)n1)c1ccccn1. The second-order valence-corrected chi connectivity index (χ2v) is 4.33. The van der Waals surface area contributed by atoms with E-state index in [9.17, 15) is 4.79 Å². The summed E-state index contributed by atoms with van der Waals surface area (Å²) >= 11 is 1.39. The number of nitrogens with zero attached hydrogens (tertiary/aromatic N) is 3. The lowest BCUT2D eigenvalue weighted by molar-refractivity contribution is 0.0988. The molecule has 5 nitrogen and oxygen atoms in total. The first-order valence-corrected chi connectivity index (χ1v) is 5.94. The summed E-state index contributed by atoms with van der Waals surface area (Å²) in [6, 6.07) is 5.41. The Hall–Kier alpha value is -1.79. The lowest BCUT2D eigenvalue weighted by Crippen LogP contribution is -2.27. The van der Waals surface area contributed by atoms with Crippen LogP contribution in [0.3, 0.4) is 0 Å². The summed E-state index contributed by atoms with van der Waals surface area (Å²) in [4.78, 5) is 21.8. The Bertz CT molecular complexity index is 511. The predicted octanol–water partition coefficient (Wildman–Crippen LogP) is 1.27. The number of aromatic nitrogens is 2. The number of carbonyl (C=O) groups excluding carboxylic acids is 1. The number of anilines is 1. The van der Waals surface area contributed by atoms with Gasteiger partial charge in [0.25, 0.3) is 5.91 Å². The maximum atomic E-state index is 12.1. The number of amides is 1. The van der Waals surface area contributed by atoms with E-state index in [1.165, 1.54) is 16.2 Å². The minimum Gasteiger partial charge on any atom is -0.325 e. The minimum absolute atomic E-state index is 0.181. The summed E-state index contributed by atoms with van der Waals surface area (Å²) in [5.41, 5.74) is 5.87. The largest absolute Gasteiger partial charge is 0.325 e. The van der Waals surface area contributed by atoms with Crippen molar-refractivity contribution >= 4 is 23.1 Å². The second kappa shape index (κ2) is 5.03. The van der Waals surface area contributed by atoms with Crippen molar-refractivity contribution in [2.45, 2.75) is 6.54 Å². The highest BCUT2D eigenvalue weighted by molar-refractivity contribution is 7.09. The highest BCUT2D eigenvalue weighted by Gasteiger charge is 2.16. The Morgan fingerprint density at radius 2 is 2.35 bits per heavy atom. The van der Waals surface area contributed by atoms with Crippen LogP contribution in [0.1, 0.15) is 15.5 Å². The van der Waals surface area contributed by atoms with Crippen LogP contribution in [0, 0.1) is 0 Å². The summed E-state index contributed by atoms with van der Waals surface area (Å²) < 4.78 is 0. The number of rotatable bonds is 3. The Balaban J connectivity index is 2.20. The maximum absolute atomic E-state index is 12.1. The molecule has 0 radical (unpaired) electrons. The molecule has 0 aromatic carbocycles. The van der Waals surface area contributed by atoms with E-state index in [1.54, 1.807) is 30.8 Å². The lowest BCUT2D eigenvalue weighted by Gasteiger charge is -2.14. The van der Waals surface area contributed by atoms with Crippen LogP contribution in [0.4, 0.5) is 5.82 Å². The van der Waals surface area contributed by atoms with Gasteiger partial charge in [-0.3, -0.25) is 9.69 Å². The van der Waals surface area contributed by atoms with Crippen LogP contribution in [0.25, 0.3) is 0 Å². The standard InChI is InChI=1S/C11H12N4OS/c1-15(9-4-2-3-5-13-9)11(16)8-7-17-10(6-12)14-8/h2-5,7H,6,12H2,1H3. The molecule has 0 unspecified atom stereocenters. The Morgan fingerprint density at radius 1 is 1.53 bits per heavy atom. The molecule has 1 amide bonds. The van der Waals surface area contributed by atoms with E-state index in [-0.39, 0.29) is 5.91 Å². The van der Waals surface area contributed by atoms with Crippen LogP contribution in [-0.2, 0) is 6.54 Å². The third kappa shape index (κ3) is 2.48. The number of hydrogen-bond donors (Lipinski definition) is 1. The topological polar surface area (TPSA) is 72.1 Å². The van der Waals surface area contributed by atoms with Crippen LogP contribution in [0.15, 0.2) is 29.8 Å². The summed E-state index contributed by atoms with van der Waals surface area (Å²) in [5.74, 6) is 0.416. The number of hydrogen-bond acceptors (Lipinski definition) is 5. The molecule has 0 spiro atoms. The highest BCUT2D eigenvalue weighted by Crippen LogP contribution is 2.14. The van der Waals surface area contributed by atoms with Gasteiger partial charge in [-0.15, -0.1) is 11.3 Å². The first-order valence-electron chi connectivity index (χ1n) is 5.06. The molecule has 2 N–H and O–H groups in total. The van der Waals surface area contributed by atoms with Crippen LogP contribution >= 0.6 is 11.3 Å². The molecule has 2 aromatic heterocycles. The van der Waals surface area contributed by atoms with Gasteiger partial charge in [-0.05, 0) is 12.1 Å². The average molecular weight is 248 g/mol. The van der Waals surface area contributed by atoms with Gasteiger partial charge in [0.2, 0.25) is 0 Å². The minimum atomic E-state index is -0.181. The van der Waals surface area contributed by atoms with Crippen molar-refractivity contribution in [1.82, 2.24) is 9.97 Å². The van der Waals surface area contributed by atoms with E-state index < -0.39 is 0 Å². The zero-order valence-electron chi connectivity index (χ0n) is 9.33. The molecule has 17 heavy (non-hydrogen) atoms. The predicted molar refractivity (Wildman–Crippen MR) is 67.0 cm³/mol. The van der Waals surface area contributed by atoms with E-state index in [4.69, 9.17) is 5.73 Å². The third-order valence-electron chi connectivity index (χ3n) is 2.24. The van der Waals surface area contributed by atoms with Gasteiger partial charge in [0.1, 0.15) is 16.5 Å².